The summed E-state index contributed by atoms with van der Waals surface area (Å²) in [6, 6.07) is 6.88. The molecule has 3 rings (SSSR count). The van der Waals surface area contributed by atoms with Crippen LogP contribution in [0.1, 0.15) is 46.6 Å². The molecule has 1 unspecified atom stereocenters. The zero-order valence-corrected chi connectivity index (χ0v) is 18.2. The van der Waals surface area contributed by atoms with Gasteiger partial charge in [0.25, 0.3) is 0 Å². The lowest BCUT2D eigenvalue weighted by Gasteiger charge is -2.18. The van der Waals surface area contributed by atoms with E-state index in [1.807, 2.05) is 0 Å². The summed E-state index contributed by atoms with van der Waals surface area (Å²) in [5.41, 5.74) is 4.11. The first-order valence-electron chi connectivity index (χ1n) is 9.60. The van der Waals surface area contributed by atoms with E-state index in [9.17, 15) is 14.4 Å². The lowest BCUT2D eigenvalue weighted by molar-refractivity contribution is -0.136. The second-order valence-corrected chi connectivity index (χ2v) is 8.53. The highest BCUT2D eigenvalue weighted by Gasteiger charge is 2.30. The van der Waals surface area contributed by atoms with E-state index in [0.717, 1.165) is 29.7 Å². The van der Waals surface area contributed by atoms with Crippen LogP contribution in [0.3, 0.4) is 0 Å². The number of nitrogens with zero attached hydrogens (tertiary/aromatic N) is 1. The third-order valence-electron chi connectivity index (χ3n) is 4.65. The normalized spacial score (nSPS) is 15.5. The topological polar surface area (TPSA) is 96.9 Å². The number of fused-ring (bicyclic) bond motifs is 1. The highest BCUT2D eigenvalue weighted by Crippen LogP contribution is 2.40. The predicted molar refractivity (Wildman–Crippen MR) is 117 cm³/mol. The number of rotatable bonds is 5. The summed E-state index contributed by atoms with van der Waals surface area (Å²) < 4.78 is 5.17. The van der Waals surface area contributed by atoms with E-state index in [0.29, 0.717) is 27.1 Å². The zero-order valence-electron chi connectivity index (χ0n) is 16.7. The Hall–Kier alpha value is -2.71. The number of hydrogen-bond donors (Lipinski definition) is 2. The smallest absolute Gasteiger partial charge is 0.341 e. The molecule has 1 atom stereocenters. The van der Waals surface area contributed by atoms with Gasteiger partial charge in [0.1, 0.15) is 5.00 Å². The van der Waals surface area contributed by atoms with Crippen LogP contribution in [0.4, 0.5) is 5.00 Å². The Bertz CT molecular complexity index is 1000. The third kappa shape index (κ3) is 5.25. The lowest BCUT2D eigenvalue weighted by Crippen LogP contribution is -2.32. The molecule has 1 aromatic carbocycles. The van der Waals surface area contributed by atoms with Gasteiger partial charge in [0.05, 0.1) is 18.4 Å². The molecule has 2 amide bonds. The van der Waals surface area contributed by atoms with Gasteiger partial charge in [-0.15, -0.1) is 11.3 Å². The molecule has 30 heavy (non-hydrogen) atoms. The highest BCUT2D eigenvalue weighted by molar-refractivity contribution is 7.17. The average molecular weight is 448 g/mol. The van der Waals surface area contributed by atoms with E-state index in [1.54, 1.807) is 31.2 Å². The van der Waals surface area contributed by atoms with Crippen LogP contribution in [0.5, 0.6) is 0 Å². The van der Waals surface area contributed by atoms with Crippen LogP contribution >= 0.6 is 22.9 Å². The summed E-state index contributed by atoms with van der Waals surface area (Å²) in [5, 5.41) is 7.20. The summed E-state index contributed by atoms with van der Waals surface area (Å²) in [5.74, 6) is -1.84. The quantitative estimate of drug-likeness (QED) is 0.315. The number of thiophene rings is 1. The highest BCUT2D eigenvalue weighted by atomic mass is 35.5. The van der Waals surface area contributed by atoms with Gasteiger partial charge in [-0.05, 0) is 55.4 Å². The van der Waals surface area contributed by atoms with E-state index in [4.69, 9.17) is 16.3 Å². The first-order chi connectivity index (χ1) is 14.4. The SMILES string of the molecule is CCOC(=O)c1c(NC(=O)C(=O)NN=Cc2cccc(Cl)c2)sc2c1CCC(C)C2. The Morgan fingerprint density at radius 1 is 1.33 bits per heavy atom. The maximum absolute atomic E-state index is 12.5. The van der Waals surface area contributed by atoms with Gasteiger partial charge in [0, 0.05) is 9.90 Å². The van der Waals surface area contributed by atoms with Crippen molar-refractivity contribution in [1.82, 2.24) is 5.43 Å². The maximum Gasteiger partial charge on any atom is 0.341 e. The van der Waals surface area contributed by atoms with Crippen LogP contribution in [0.15, 0.2) is 29.4 Å². The molecule has 0 radical (unpaired) electrons. The Morgan fingerprint density at radius 3 is 2.87 bits per heavy atom. The van der Waals surface area contributed by atoms with Gasteiger partial charge in [-0.1, -0.05) is 30.7 Å². The zero-order chi connectivity index (χ0) is 21.7. The second-order valence-electron chi connectivity index (χ2n) is 6.98. The molecular weight excluding hydrogens is 426 g/mol. The molecule has 1 aromatic heterocycles. The van der Waals surface area contributed by atoms with Crippen molar-refractivity contribution >= 4 is 51.9 Å². The second kappa shape index (κ2) is 9.86. The molecular formula is C21H22ClN3O4S. The van der Waals surface area contributed by atoms with Gasteiger partial charge >= 0.3 is 17.8 Å². The molecule has 0 fully saturated rings. The Morgan fingerprint density at radius 2 is 2.13 bits per heavy atom. The van der Waals surface area contributed by atoms with Crippen molar-refractivity contribution in [2.24, 2.45) is 11.0 Å². The Balaban J connectivity index is 1.72. The van der Waals surface area contributed by atoms with Gasteiger partial charge in [-0.25, -0.2) is 10.2 Å². The summed E-state index contributed by atoms with van der Waals surface area (Å²) >= 11 is 7.21. The molecule has 1 aliphatic carbocycles. The van der Waals surface area contributed by atoms with Crippen LogP contribution in [-0.2, 0) is 27.2 Å². The van der Waals surface area contributed by atoms with Crippen LogP contribution in [0, 0.1) is 5.92 Å². The minimum atomic E-state index is -0.942. The molecule has 1 heterocycles. The predicted octanol–water partition coefficient (Wildman–Crippen LogP) is 3.79. The minimum Gasteiger partial charge on any atom is -0.462 e. The molecule has 158 valence electrons. The van der Waals surface area contributed by atoms with E-state index >= 15 is 0 Å². The number of esters is 1. The number of carbonyl (C=O) groups excluding carboxylic acids is 3. The van der Waals surface area contributed by atoms with Crippen molar-refractivity contribution in [3.63, 3.8) is 0 Å². The summed E-state index contributed by atoms with van der Waals surface area (Å²) in [6.45, 7) is 4.10. The third-order valence-corrected chi connectivity index (χ3v) is 6.06. The van der Waals surface area contributed by atoms with Crippen molar-refractivity contribution in [2.45, 2.75) is 33.1 Å². The van der Waals surface area contributed by atoms with E-state index < -0.39 is 17.8 Å². The van der Waals surface area contributed by atoms with Gasteiger partial charge < -0.3 is 10.1 Å². The van der Waals surface area contributed by atoms with E-state index in [1.165, 1.54) is 17.6 Å². The molecule has 2 N–H and O–H groups in total. The van der Waals surface area contributed by atoms with Crippen LogP contribution in [0.2, 0.25) is 5.02 Å². The molecule has 0 spiro atoms. The number of ether oxygens (including phenoxy) is 1. The Labute approximate surface area is 183 Å². The fourth-order valence-electron chi connectivity index (χ4n) is 3.22. The first kappa shape index (κ1) is 22.0. The number of anilines is 1. The van der Waals surface area contributed by atoms with Crippen LogP contribution in [-0.4, -0.2) is 30.6 Å². The van der Waals surface area contributed by atoms with Gasteiger partial charge in [0.15, 0.2) is 0 Å². The number of nitrogens with one attached hydrogen (secondary N) is 2. The number of hydrogen-bond acceptors (Lipinski definition) is 6. The monoisotopic (exact) mass is 447 g/mol. The lowest BCUT2D eigenvalue weighted by atomic mass is 9.88. The number of carbonyl (C=O) groups is 3. The van der Waals surface area contributed by atoms with Crippen molar-refractivity contribution < 1.29 is 19.1 Å². The largest absolute Gasteiger partial charge is 0.462 e. The van der Waals surface area contributed by atoms with Gasteiger partial charge in [-0.3, -0.25) is 9.59 Å². The Kier molecular flexibility index (Phi) is 7.23. The molecule has 1 aliphatic rings. The molecule has 0 saturated carbocycles. The number of amides is 2. The number of halogens is 1. The molecule has 0 aliphatic heterocycles. The van der Waals surface area contributed by atoms with Crippen molar-refractivity contribution in [2.75, 3.05) is 11.9 Å². The minimum absolute atomic E-state index is 0.228. The van der Waals surface area contributed by atoms with E-state index in [-0.39, 0.29) is 6.61 Å². The summed E-state index contributed by atoms with van der Waals surface area (Å²) in [6.07, 6.45) is 3.92. The summed E-state index contributed by atoms with van der Waals surface area (Å²) in [4.78, 5) is 38.0. The van der Waals surface area contributed by atoms with Gasteiger partial charge in [-0.2, -0.15) is 5.10 Å². The van der Waals surface area contributed by atoms with Crippen LogP contribution < -0.4 is 10.7 Å². The molecule has 0 bridgehead atoms. The van der Waals surface area contributed by atoms with Crippen molar-refractivity contribution in [3.05, 3.63) is 50.9 Å². The molecule has 2 aromatic rings. The number of benzene rings is 1. The first-order valence-corrected chi connectivity index (χ1v) is 10.8. The standard InChI is InChI=1S/C21H22ClN3O4S/c1-3-29-21(28)17-15-8-7-12(2)9-16(15)30-20(17)24-18(26)19(27)25-23-11-13-5-4-6-14(22)10-13/h4-6,10-12H,3,7-9H2,1-2H3,(H,24,26)(H,25,27). The average Bonchev–Trinajstić information content (AvgIpc) is 3.04. The molecule has 0 saturated heterocycles. The maximum atomic E-state index is 12.5. The summed E-state index contributed by atoms with van der Waals surface area (Å²) in [7, 11) is 0. The van der Waals surface area contributed by atoms with Crippen molar-refractivity contribution in [3.8, 4) is 0 Å². The van der Waals surface area contributed by atoms with Crippen LogP contribution in [0.25, 0.3) is 0 Å². The number of hydrazone groups is 1. The van der Waals surface area contributed by atoms with Crippen molar-refractivity contribution in [1.29, 1.82) is 0 Å². The molecule has 9 heteroatoms. The molecule has 7 nitrogen and oxygen atoms in total. The fraction of sp³-hybridized carbons (Fsp3) is 0.333. The van der Waals surface area contributed by atoms with Gasteiger partial charge in [0.2, 0.25) is 0 Å². The fourth-order valence-corrected chi connectivity index (χ4v) is 4.81. The van der Waals surface area contributed by atoms with E-state index in [2.05, 4.69) is 22.8 Å².